The lowest BCUT2D eigenvalue weighted by atomic mass is 10.1. The molecular formula is C16H16N2O. The highest BCUT2D eigenvalue weighted by molar-refractivity contribution is 5.94. The number of rotatable bonds is 3. The summed E-state index contributed by atoms with van der Waals surface area (Å²) in [5, 5.41) is 2.27. The van der Waals surface area contributed by atoms with Crippen LogP contribution in [-0.2, 0) is 6.42 Å². The lowest BCUT2D eigenvalue weighted by molar-refractivity contribution is 0.503. The Morgan fingerprint density at radius 2 is 2.11 bits per heavy atom. The van der Waals surface area contributed by atoms with Gasteiger partial charge in [-0.2, -0.15) is 0 Å². The van der Waals surface area contributed by atoms with Gasteiger partial charge in [-0.3, -0.25) is 4.98 Å². The Morgan fingerprint density at radius 3 is 2.95 bits per heavy atom. The van der Waals surface area contributed by atoms with E-state index in [9.17, 15) is 0 Å². The van der Waals surface area contributed by atoms with Crippen LogP contribution in [-0.4, -0.2) is 11.0 Å². The maximum Gasteiger partial charge on any atom is 0.134 e. The maximum atomic E-state index is 5.89. The fraction of sp³-hybridized carbons (Fsp3) is 0.188. The number of nitrogens with two attached hydrogens (primary N) is 1. The highest BCUT2D eigenvalue weighted by Gasteiger charge is 2.09. The van der Waals surface area contributed by atoms with Gasteiger partial charge in [0.25, 0.3) is 0 Å². The van der Waals surface area contributed by atoms with Crippen molar-refractivity contribution in [1.82, 2.24) is 4.98 Å². The number of hydrogen-bond acceptors (Lipinski definition) is 3. The van der Waals surface area contributed by atoms with E-state index >= 15 is 0 Å². The molecule has 0 fully saturated rings. The van der Waals surface area contributed by atoms with Gasteiger partial charge in [0.2, 0.25) is 0 Å². The normalized spacial score (nSPS) is 12.7. The van der Waals surface area contributed by atoms with Crippen LogP contribution in [0.5, 0.6) is 0 Å². The lowest BCUT2D eigenvalue weighted by Gasteiger charge is -2.04. The minimum absolute atomic E-state index is 0.107. The number of nitrogens with zero attached hydrogens (tertiary/aromatic N) is 1. The molecule has 0 saturated carbocycles. The first-order chi connectivity index (χ1) is 9.24. The van der Waals surface area contributed by atoms with Gasteiger partial charge in [0.1, 0.15) is 11.5 Å². The highest BCUT2D eigenvalue weighted by Crippen LogP contribution is 2.29. The molecule has 0 spiro atoms. The average Bonchev–Trinajstić information content (AvgIpc) is 2.85. The summed E-state index contributed by atoms with van der Waals surface area (Å²) < 4.78 is 5.89. The van der Waals surface area contributed by atoms with Crippen LogP contribution in [0.25, 0.3) is 22.1 Å². The largest absolute Gasteiger partial charge is 0.461 e. The molecule has 96 valence electrons. The van der Waals surface area contributed by atoms with Crippen LogP contribution >= 0.6 is 0 Å². The Labute approximate surface area is 112 Å². The third-order valence-corrected chi connectivity index (χ3v) is 3.13. The van der Waals surface area contributed by atoms with E-state index in [0.29, 0.717) is 0 Å². The molecule has 3 heteroatoms. The number of hydrogen-bond donors (Lipinski definition) is 1. The van der Waals surface area contributed by atoms with Crippen molar-refractivity contribution in [2.75, 3.05) is 0 Å². The summed E-state index contributed by atoms with van der Waals surface area (Å²) >= 11 is 0. The number of benzene rings is 1. The van der Waals surface area contributed by atoms with Crippen molar-refractivity contribution in [2.45, 2.75) is 19.4 Å². The Hall–Kier alpha value is -2.13. The molecule has 2 aromatic heterocycles. The average molecular weight is 252 g/mol. The minimum atomic E-state index is 0.107. The van der Waals surface area contributed by atoms with Crippen LogP contribution < -0.4 is 5.73 Å². The second kappa shape index (κ2) is 4.86. The second-order valence-electron chi connectivity index (χ2n) is 4.85. The molecule has 1 atom stereocenters. The molecule has 3 rings (SSSR count). The van der Waals surface area contributed by atoms with Gasteiger partial charge in [0.05, 0.1) is 0 Å². The summed E-state index contributed by atoms with van der Waals surface area (Å²) in [4.78, 5) is 4.15. The van der Waals surface area contributed by atoms with Gasteiger partial charge in [-0.15, -0.1) is 0 Å². The van der Waals surface area contributed by atoms with Crippen LogP contribution in [0, 0.1) is 0 Å². The topological polar surface area (TPSA) is 52.0 Å². The monoisotopic (exact) mass is 252 g/mol. The highest BCUT2D eigenvalue weighted by atomic mass is 16.3. The van der Waals surface area contributed by atoms with Crippen LogP contribution in [0.4, 0.5) is 0 Å². The molecule has 2 heterocycles. The SMILES string of the molecule is CC(N)Cc1ccc(-c2cccc3cnccc23)o1. The molecule has 0 bridgehead atoms. The number of pyridine rings is 1. The van der Waals surface area contributed by atoms with Crippen LogP contribution in [0.2, 0.25) is 0 Å². The van der Waals surface area contributed by atoms with Gasteiger partial charge in [-0.05, 0) is 30.5 Å². The Morgan fingerprint density at radius 1 is 1.21 bits per heavy atom. The van der Waals surface area contributed by atoms with Gasteiger partial charge in [0.15, 0.2) is 0 Å². The summed E-state index contributed by atoms with van der Waals surface area (Å²) in [5.74, 6) is 1.81. The van der Waals surface area contributed by atoms with Crippen molar-refractivity contribution in [3.8, 4) is 11.3 Å². The summed E-state index contributed by atoms with van der Waals surface area (Å²) in [6.45, 7) is 1.98. The summed E-state index contributed by atoms with van der Waals surface area (Å²) in [5.41, 5.74) is 6.89. The molecule has 19 heavy (non-hydrogen) atoms. The molecule has 3 aromatic rings. The third-order valence-electron chi connectivity index (χ3n) is 3.13. The lowest BCUT2D eigenvalue weighted by Crippen LogP contribution is -2.17. The van der Waals surface area contributed by atoms with Crippen LogP contribution in [0.1, 0.15) is 12.7 Å². The van der Waals surface area contributed by atoms with Crippen LogP contribution in [0.3, 0.4) is 0 Å². The molecule has 1 aromatic carbocycles. The summed E-state index contributed by atoms with van der Waals surface area (Å²) in [6.07, 6.45) is 4.43. The maximum absolute atomic E-state index is 5.89. The molecule has 2 N–H and O–H groups in total. The fourth-order valence-corrected chi connectivity index (χ4v) is 2.29. The van der Waals surface area contributed by atoms with E-state index < -0.39 is 0 Å². The first-order valence-corrected chi connectivity index (χ1v) is 6.41. The van der Waals surface area contributed by atoms with Crippen molar-refractivity contribution < 1.29 is 4.42 Å². The third kappa shape index (κ3) is 2.37. The zero-order valence-electron chi connectivity index (χ0n) is 10.8. The van der Waals surface area contributed by atoms with Crippen molar-refractivity contribution in [2.24, 2.45) is 5.73 Å². The van der Waals surface area contributed by atoms with E-state index in [4.69, 9.17) is 10.2 Å². The molecular weight excluding hydrogens is 236 g/mol. The van der Waals surface area contributed by atoms with Gasteiger partial charge >= 0.3 is 0 Å². The van der Waals surface area contributed by atoms with E-state index in [0.717, 1.165) is 34.3 Å². The Bertz CT molecular complexity index is 695. The zero-order chi connectivity index (χ0) is 13.2. The van der Waals surface area contributed by atoms with Crippen molar-refractivity contribution >= 4 is 10.8 Å². The Kier molecular flexibility index (Phi) is 3.05. The molecule has 0 aliphatic heterocycles. The number of aromatic nitrogens is 1. The van der Waals surface area contributed by atoms with E-state index in [2.05, 4.69) is 17.1 Å². The molecule has 0 amide bonds. The first kappa shape index (κ1) is 11.9. The number of furan rings is 1. The van der Waals surface area contributed by atoms with Crippen molar-refractivity contribution in [3.05, 3.63) is 54.6 Å². The van der Waals surface area contributed by atoms with E-state index in [-0.39, 0.29) is 6.04 Å². The van der Waals surface area contributed by atoms with Gasteiger partial charge < -0.3 is 10.2 Å². The molecule has 0 aliphatic carbocycles. The number of fused-ring (bicyclic) bond motifs is 1. The van der Waals surface area contributed by atoms with Crippen molar-refractivity contribution in [3.63, 3.8) is 0 Å². The van der Waals surface area contributed by atoms with Crippen molar-refractivity contribution in [1.29, 1.82) is 0 Å². The smallest absolute Gasteiger partial charge is 0.134 e. The second-order valence-corrected chi connectivity index (χ2v) is 4.85. The molecule has 0 radical (unpaired) electrons. The van der Waals surface area contributed by atoms with Gasteiger partial charge in [-0.25, -0.2) is 0 Å². The Balaban J connectivity index is 2.06. The molecule has 0 saturated heterocycles. The quantitative estimate of drug-likeness (QED) is 0.777. The summed E-state index contributed by atoms with van der Waals surface area (Å²) in [6, 6.07) is 12.3. The zero-order valence-corrected chi connectivity index (χ0v) is 10.8. The van der Waals surface area contributed by atoms with E-state index in [1.807, 2.05) is 37.4 Å². The van der Waals surface area contributed by atoms with Gasteiger partial charge in [-0.1, -0.05) is 18.2 Å². The summed E-state index contributed by atoms with van der Waals surface area (Å²) in [7, 11) is 0. The molecule has 1 unspecified atom stereocenters. The minimum Gasteiger partial charge on any atom is -0.461 e. The first-order valence-electron chi connectivity index (χ1n) is 6.41. The molecule has 3 nitrogen and oxygen atoms in total. The van der Waals surface area contributed by atoms with E-state index in [1.54, 1.807) is 6.20 Å². The predicted molar refractivity (Wildman–Crippen MR) is 76.8 cm³/mol. The molecule has 0 aliphatic rings. The van der Waals surface area contributed by atoms with Crippen LogP contribution in [0.15, 0.2) is 53.2 Å². The predicted octanol–water partition coefficient (Wildman–Crippen LogP) is 3.38. The standard InChI is InChI=1S/C16H16N2O/c1-11(17)9-13-5-6-16(19-13)15-4-2-3-12-10-18-8-7-14(12)15/h2-8,10-11H,9,17H2,1H3. The fourth-order valence-electron chi connectivity index (χ4n) is 2.29. The van der Waals surface area contributed by atoms with Gasteiger partial charge in [0, 0.05) is 35.8 Å². The van der Waals surface area contributed by atoms with E-state index in [1.165, 1.54) is 0 Å².